The molecular formula is C19H28F2IN5O2. The number of nitrogens with zero attached hydrogens (tertiary/aromatic N) is 3. The van der Waals surface area contributed by atoms with Crippen molar-refractivity contribution in [2.45, 2.75) is 40.0 Å². The number of rotatable bonds is 11. The Labute approximate surface area is 186 Å². The molecule has 0 saturated carbocycles. The van der Waals surface area contributed by atoms with Crippen LogP contribution in [0, 0.1) is 0 Å². The molecule has 2 rings (SSSR count). The Morgan fingerprint density at radius 3 is 2.72 bits per heavy atom. The molecule has 0 aliphatic rings. The average Bonchev–Trinajstić information content (AvgIpc) is 3.18. The van der Waals surface area contributed by atoms with Gasteiger partial charge >= 0.3 is 6.61 Å². The smallest absolute Gasteiger partial charge is 0.387 e. The average molecular weight is 523 g/mol. The Hall–Kier alpha value is -2.11. The number of aryl methyl sites for hydroxylation is 1. The molecule has 0 saturated heterocycles. The zero-order valence-corrected chi connectivity index (χ0v) is 18.9. The van der Waals surface area contributed by atoms with E-state index >= 15 is 0 Å². The van der Waals surface area contributed by atoms with Crippen molar-refractivity contribution in [3.05, 3.63) is 42.2 Å². The van der Waals surface area contributed by atoms with Crippen LogP contribution < -0.4 is 20.1 Å². The van der Waals surface area contributed by atoms with Gasteiger partial charge in [0.2, 0.25) is 0 Å². The number of benzene rings is 1. The molecule has 0 amide bonds. The predicted octanol–water partition coefficient (Wildman–Crippen LogP) is 3.65. The molecule has 0 radical (unpaired) electrons. The van der Waals surface area contributed by atoms with Crippen molar-refractivity contribution in [2.75, 3.05) is 19.7 Å². The van der Waals surface area contributed by atoms with Gasteiger partial charge in [-0.25, -0.2) is 4.99 Å². The normalized spacial score (nSPS) is 11.1. The number of alkyl halides is 2. The minimum absolute atomic E-state index is 0. The molecule has 1 heterocycles. The van der Waals surface area contributed by atoms with Gasteiger partial charge in [0.15, 0.2) is 17.5 Å². The van der Waals surface area contributed by atoms with Crippen LogP contribution in [0.15, 0.2) is 41.7 Å². The summed E-state index contributed by atoms with van der Waals surface area (Å²) in [5, 5.41) is 10.5. The number of guanidine groups is 1. The third-order valence-corrected chi connectivity index (χ3v) is 3.73. The number of hydrogen-bond donors (Lipinski definition) is 2. The van der Waals surface area contributed by atoms with Gasteiger partial charge in [0.1, 0.15) is 0 Å². The molecule has 0 aliphatic heterocycles. The van der Waals surface area contributed by atoms with Crippen LogP contribution in [0.4, 0.5) is 8.78 Å². The summed E-state index contributed by atoms with van der Waals surface area (Å²) >= 11 is 0. The van der Waals surface area contributed by atoms with Gasteiger partial charge in [-0.15, -0.1) is 24.0 Å². The van der Waals surface area contributed by atoms with Crippen LogP contribution in [0.1, 0.15) is 25.8 Å². The van der Waals surface area contributed by atoms with E-state index in [4.69, 9.17) is 4.74 Å². The van der Waals surface area contributed by atoms with Crippen molar-refractivity contribution in [3.8, 4) is 11.5 Å². The Morgan fingerprint density at radius 2 is 2.07 bits per heavy atom. The van der Waals surface area contributed by atoms with Crippen LogP contribution in [-0.2, 0) is 13.1 Å². The number of aliphatic imine (C=N–C) groups is 1. The molecule has 0 spiro atoms. The summed E-state index contributed by atoms with van der Waals surface area (Å²) in [6.45, 7) is 3.52. The van der Waals surface area contributed by atoms with Crippen molar-refractivity contribution >= 4 is 29.9 Å². The van der Waals surface area contributed by atoms with Gasteiger partial charge in [-0.1, -0.05) is 12.1 Å². The molecular weight excluding hydrogens is 495 g/mol. The van der Waals surface area contributed by atoms with E-state index < -0.39 is 6.61 Å². The molecule has 1 aromatic carbocycles. The van der Waals surface area contributed by atoms with Gasteiger partial charge in [0, 0.05) is 37.6 Å². The highest BCUT2D eigenvalue weighted by atomic mass is 127. The first-order valence-corrected chi connectivity index (χ1v) is 9.33. The highest BCUT2D eigenvalue weighted by molar-refractivity contribution is 14.0. The lowest BCUT2D eigenvalue weighted by Gasteiger charge is -2.15. The van der Waals surface area contributed by atoms with Crippen LogP contribution >= 0.6 is 24.0 Å². The number of para-hydroxylation sites is 1. The maximum absolute atomic E-state index is 12.8. The first kappa shape index (κ1) is 24.9. The van der Waals surface area contributed by atoms with Crippen LogP contribution in [0.25, 0.3) is 0 Å². The third kappa shape index (κ3) is 8.84. The van der Waals surface area contributed by atoms with Crippen molar-refractivity contribution in [3.63, 3.8) is 0 Å². The first-order valence-electron chi connectivity index (χ1n) is 9.33. The third-order valence-electron chi connectivity index (χ3n) is 3.73. The van der Waals surface area contributed by atoms with Crippen LogP contribution in [0.2, 0.25) is 0 Å². The summed E-state index contributed by atoms with van der Waals surface area (Å²) in [5.41, 5.74) is 0.528. The Kier molecular flexibility index (Phi) is 12.0. The second-order valence-electron chi connectivity index (χ2n) is 5.80. The summed E-state index contributed by atoms with van der Waals surface area (Å²) in [6.07, 6.45) is 4.52. The lowest BCUT2D eigenvalue weighted by molar-refractivity contribution is -0.0520. The fourth-order valence-corrected chi connectivity index (χ4v) is 2.56. The van der Waals surface area contributed by atoms with Crippen molar-refractivity contribution in [1.82, 2.24) is 20.4 Å². The van der Waals surface area contributed by atoms with E-state index in [1.807, 2.05) is 23.9 Å². The summed E-state index contributed by atoms with van der Waals surface area (Å²) in [7, 11) is 0. The fourth-order valence-electron chi connectivity index (χ4n) is 2.56. The lowest BCUT2D eigenvalue weighted by Crippen LogP contribution is -2.38. The van der Waals surface area contributed by atoms with E-state index in [1.54, 1.807) is 31.3 Å². The molecule has 10 heteroatoms. The van der Waals surface area contributed by atoms with E-state index in [1.165, 1.54) is 0 Å². The minimum atomic E-state index is -2.93. The number of nitrogens with one attached hydrogen (secondary N) is 2. The Balaban J connectivity index is 0.00000420. The number of hydrogen-bond acceptors (Lipinski definition) is 4. The SMILES string of the molecule is CCNC(=NCc1cccc(OCC)c1OC(F)F)NCCCn1cccn1.I. The van der Waals surface area contributed by atoms with E-state index in [0.29, 0.717) is 31.2 Å². The van der Waals surface area contributed by atoms with Crippen LogP contribution in [0.3, 0.4) is 0 Å². The van der Waals surface area contributed by atoms with Crippen LogP contribution in [0.5, 0.6) is 11.5 Å². The molecule has 1 aromatic heterocycles. The molecule has 0 unspecified atom stereocenters. The molecule has 0 bridgehead atoms. The highest BCUT2D eigenvalue weighted by Crippen LogP contribution is 2.33. The maximum atomic E-state index is 12.8. The van der Waals surface area contributed by atoms with E-state index in [2.05, 4.69) is 25.5 Å². The molecule has 0 atom stereocenters. The first-order chi connectivity index (χ1) is 13.6. The Bertz CT molecular complexity index is 729. The van der Waals surface area contributed by atoms with Gasteiger partial charge in [-0.3, -0.25) is 4.68 Å². The Morgan fingerprint density at radius 1 is 1.24 bits per heavy atom. The lowest BCUT2D eigenvalue weighted by atomic mass is 10.2. The van der Waals surface area contributed by atoms with Crippen molar-refractivity contribution in [1.29, 1.82) is 0 Å². The van der Waals surface area contributed by atoms with Gasteiger partial charge in [-0.2, -0.15) is 13.9 Å². The molecule has 29 heavy (non-hydrogen) atoms. The monoisotopic (exact) mass is 523 g/mol. The number of halogens is 3. The van der Waals surface area contributed by atoms with Gasteiger partial charge in [0.25, 0.3) is 0 Å². The van der Waals surface area contributed by atoms with Gasteiger partial charge in [0.05, 0.1) is 13.2 Å². The van der Waals surface area contributed by atoms with Crippen molar-refractivity contribution in [2.24, 2.45) is 4.99 Å². The summed E-state index contributed by atoms with van der Waals surface area (Å²) < 4.78 is 37.6. The zero-order chi connectivity index (χ0) is 20.2. The second-order valence-corrected chi connectivity index (χ2v) is 5.80. The predicted molar refractivity (Wildman–Crippen MR) is 119 cm³/mol. The summed E-state index contributed by atoms with van der Waals surface area (Å²) in [5.74, 6) is 0.915. The molecule has 0 aliphatic carbocycles. The molecule has 0 fully saturated rings. The van der Waals surface area contributed by atoms with E-state index in [-0.39, 0.29) is 42.0 Å². The minimum Gasteiger partial charge on any atom is -0.490 e. The van der Waals surface area contributed by atoms with Gasteiger partial charge < -0.3 is 20.1 Å². The summed E-state index contributed by atoms with van der Waals surface area (Å²) in [4.78, 5) is 4.48. The number of ether oxygens (including phenoxy) is 2. The van der Waals surface area contributed by atoms with Crippen molar-refractivity contribution < 1.29 is 18.3 Å². The quantitative estimate of drug-likeness (QED) is 0.204. The standard InChI is InChI=1S/C19H27F2N5O2.HI/c1-3-22-19(23-10-6-12-26-13-7-11-25-26)24-14-15-8-5-9-16(27-4-2)17(15)28-18(20)21;/h5,7-9,11,13,18H,3-4,6,10,12,14H2,1-2H3,(H2,22,23,24);1H. The van der Waals surface area contributed by atoms with Gasteiger partial charge in [-0.05, 0) is 32.4 Å². The molecule has 162 valence electrons. The topological polar surface area (TPSA) is 72.7 Å². The molecule has 7 nitrogen and oxygen atoms in total. The number of aromatic nitrogens is 2. The summed E-state index contributed by atoms with van der Waals surface area (Å²) in [6, 6.07) is 6.92. The zero-order valence-electron chi connectivity index (χ0n) is 16.6. The molecule has 2 N–H and O–H groups in total. The largest absolute Gasteiger partial charge is 0.490 e. The highest BCUT2D eigenvalue weighted by Gasteiger charge is 2.15. The fraction of sp³-hybridized carbons (Fsp3) is 0.474. The van der Waals surface area contributed by atoms with E-state index in [0.717, 1.165) is 13.0 Å². The maximum Gasteiger partial charge on any atom is 0.387 e. The molecule has 2 aromatic rings. The van der Waals surface area contributed by atoms with Crippen LogP contribution in [-0.4, -0.2) is 42.0 Å². The second kappa shape index (κ2) is 14.0. The van der Waals surface area contributed by atoms with E-state index in [9.17, 15) is 8.78 Å².